The number of hydrogen-bond donors (Lipinski definition) is 1. The molecule has 0 radical (unpaired) electrons. The molecule has 2 fully saturated rings. The molecule has 2 saturated heterocycles. The van der Waals surface area contributed by atoms with Crippen molar-refractivity contribution in [3.05, 3.63) is 83.4 Å². The number of tetrazole rings is 2. The zero-order chi connectivity index (χ0) is 37.0. The van der Waals surface area contributed by atoms with Crippen LogP contribution in [0, 0.1) is 11.8 Å². The van der Waals surface area contributed by atoms with Crippen LogP contribution in [0.25, 0.3) is 0 Å². The van der Waals surface area contributed by atoms with E-state index in [0.717, 1.165) is 11.1 Å². The average Bonchev–Trinajstić information content (AvgIpc) is 3.81. The van der Waals surface area contributed by atoms with Crippen LogP contribution in [0.4, 0.5) is 9.59 Å². The van der Waals surface area contributed by atoms with Crippen molar-refractivity contribution in [1.82, 2.24) is 50.2 Å². The van der Waals surface area contributed by atoms with E-state index < -0.39 is 36.2 Å². The highest BCUT2D eigenvalue weighted by atomic mass is 16.6. The third kappa shape index (κ3) is 9.85. The molecule has 2 aromatic carbocycles. The summed E-state index contributed by atoms with van der Waals surface area (Å²) in [6.45, 7) is 3.06. The van der Waals surface area contributed by atoms with Gasteiger partial charge in [0.05, 0.1) is 44.6 Å². The van der Waals surface area contributed by atoms with Crippen molar-refractivity contribution in [2.75, 3.05) is 19.7 Å². The number of likely N-dealkylation sites (tertiary alicyclic amines) is 2. The molecule has 18 heteroatoms. The first-order valence-electron chi connectivity index (χ1n) is 16.9. The third-order valence-electron chi connectivity index (χ3n) is 8.70. The summed E-state index contributed by atoms with van der Waals surface area (Å²) >= 11 is 0. The Hall–Kier alpha value is -5.94. The number of benzene rings is 2. The first-order chi connectivity index (χ1) is 25.1. The Bertz CT molecular complexity index is 1790. The van der Waals surface area contributed by atoms with Crippen molar-refractivity contribution in [2.24, 2.45) is 25.9 Å². The molecule has 6 rings (SSSR count). The Labute approximate surface area is 299 Å². The highest BCUT2D eigenvalue weighted by Gasteiger charge is 2.40. The molecule has 4 atom stereocenters. The monoisotopic (exact) mass is 718 g/mol. The summed E-state index contributed by atoms with van der Waals surface area (Å²) in [4.78, 5) is 54.3. The lowest BCUT2D eigenvalue weighted by atomic mass is 9.90. The fourth-order valence-corrected chi connectivity index (χ4v) is 6.02. The number of ether oxygens (including phenoxy) is 3. The van der Waals surface area contributed by atoms with Gasteiger partial charge in [-0.2, -0.15) is 9.59 Å². The average molecular weight is 719 g/mol. The molecule has 2 aliphatic rings. The quantitative estimate of drug-likeness (QED) is 0.195. The van der Waals surface area contributed by atoms with Gasteiger partial charge in [-0.1, -0.05) is 60.7 Å². The number of carboxylic acids is 1. The first kappa shape index (κ1) is 37.3. The molecule has 18 nitrogen and oxygen atoms in total. The van der Waals surface area contributed by atoms with Crippen molar-refractivity contribution in [3.8, 4) is 0 Å². The van der Waals surface area contributed by atoms with E-state index in [1.54, 1.807) is 25.9 Å². The summed E-state index contributed by atoms with van der Waals surface area (Å²) < 4.78 is 16.0. The molecule has 1 N–H and O–H groups in total. The van der Waals surface area contributed by atoms with Gasteiger partial charge in [0.1, 0.15) is 13.2 Å². The van der Waals surface area contributed by atoms with Crippen molar-refractivity contribution in [3.63, 3.8) is 0 Å². The van der Waals surface area contributed by atoms with Gasteiger partial charge in [0, 0.05) is 13.1 Å². The normalized spacial score (nSPS) is 19.9. The summed E-state index contributed by atoms with van der Waals surface area (Å²) in [6, 6.07) is 17.8. The van der Waals surface area contributed by atoms with Gasteiger partial charge >= 0.3 is 24.1 Å². The predicted molar refractivity (Wildman–Crippen MR) is 179 cm³/mol. The van der Waals surface area contributed by atoms with Crippen LogP contribution in [-0.2, 0) is 51.1 Å². The SMILES string of the molecule is CCOC(=O)C1CCN(C(=O)OCc2ccccc2)C(c2nnn(C)n2)C1.Cn1nnc(C2CC(C(=O)O)CCN2C(=O)OCc2ccccc2)n1. The van der Waals surface area contributed by atoms with E-state index in [-0.39, 0.29) is 38.1 Å². The lowest BCUT2D eigenvalue weighted by Crippen LogP contribution is -2.43. The number of carboxylic acid groups (broad SMARTS) is 1. The minimum absolute atomic E-state index is 0.152. The second-order valence-electron chi connectivity index (χ2n) is 12.3. The van der Waals surface area contributed by atoms with Crippen molar-refractivity contribution >= 4 is 24.1 Å². The van der Waals surface area contributed by atoms with Crippen molar-refractivity contribution in [2.45, 2.75) is 57.9 Å². The van der Waals surface area contributed by atoms with Crippen LogP contribution in [0.1, 0.15) is 67.5 Å². The fourth-order valence-electron chi connectivity index (χ4n) is 6.02. The van der Waals surface area contributed by atoms with Crippen LogP contribution >= 0.6 is 0 Å². The molecule has 4 aromatic rings. The number of carbonyl (C=O) groups excluding carboxylic acids is 3. The first-order valence-corrected chi connectivity index (χ1v) is 16.9. The summed E-state index contributed by atoms with van der Waals surface area (Å²) in [7, 11) is 3.27. The molecule has 276 valence electrons. The van der Waals surface area contributed by atoms with Crippen LogP contribution in [0.3, 0.4) is 0 Å². The molecule has 52 heavy (non-hydrogen) atoms. The van der Waals surface area contributed by atoms with Gasteiger partial charge in [0.2, 0.25) is 0 Å². The molecular formula is C34H42N10O8. The van der Waals surface area contributed by atoms with E-state index in [0.29, 0.717) is 44.1 Å². The molecule has 2 aliphatic heterocycles. The maximum Gasteiger partial charge on any atom is 0.410 e. The van der Waals surface area contributed by atoms with Gasteiger partial charge in [0.25, 0.3) is 0 Å². The van der Waals surface area contributed by atoms with Crippen LogP contribution in [-0.4, -0.2) is 99.1 Å². The van der Waals surface area contributed by atoms with E-state index in [1.165, 1.54) is 14.5 Å². The number of carbonyl (C=O) groups is 4. The summed E-state index contributed by atoms with van der Waals surface area (Å²) in [5.74, 6) is -1.29. The Morgan fingerprint density at radius 3 is 1.54 bits per heavy atom. The van der Waals surface area contributed by atoms with E-state index in [1.807, 2.05) is 60.7 Å². The number of hydrogen-bond acceptors (Lipinski definition) is 13. The zero-order valence-electron chi connectivity index (χ0n) is 29.2. The Morgan fingerprint density at radius 1 is 0.692 bits per heavy atom. The number of aryl methyl sites for hydroxylation is 2. The van der Waals surface area contributed by atoms with Crippen LogP contribution < -0.4 is 0 Å². The summed E-state index contributed by atoms with van der Waals surface area (Å²) in [5, 5.41) is 33.2. The third-order valence-corrected chi connectivity index (χ3v) is 8.70. The smallest absolute Gasteiger partial charge is 0.410 e. The minimum Gasteiger partial charge on any atom is -0.481 e. The fraction of sp³-hybridized carbons (Fsp3) is 0.471. The molecule has 0 spiro atoms. The Kier molecular flexibility index (Phi) is 12.8. The summed E-state index contributed by atoms with van der Waals surface area (Å²) in [6.07, 6.45) is 0.526. The Morgan fingerprint density at radius 2 is 1.13 bits per heavy atom. The van der Waals surface area contributed by atoms with Crippen LogP contribution in [0.2, 0.25) is 0 Å². The van der Waals surface area contributed by atoms with Gasteiger partial charge in [-0.05, 0) is 54.2 Å². The van der Waals surface area contributed by atoms with Crippen LogP contribution in [0.15, 0.2) is 60.7 Å². The molecule has 0 aliphatic carbocycles. The van der Waals surface area contributed by atoms with Gasteiger partial charge < -0.3 is 19.3 Å². The largest absolute Gasteiger partial charge is 0.481 e. The standard InChI is InChI=1S/C18H23N5O4.C16H19N5O4/c1-3-26-17(24)14-9-10-23(15(11-14)16-19-21-22(2)20-16)18(25)27-12-13-7-5-4-6-8-13;1-20-18-14(17-19-20)13-9-12(15(22)23)7-8-21(13)16(24)25-10-11-5-3-2-4-6-11/h4-8,14-15H,3,9-12H2,1-2H3;2-6,12-13H,7-10H2,1H3,(H,22,23). The molecule has 2 aromatic heterocycles. The topological polar surface area (TPSA) is 210 Å². The number of aromatic nitrogens is 8. The molecule has 4 heterocycles. The number of esters is 1. The molecule has 2 amide bonds. The highest BCUT2D eigenvalue weighted by Crippen LogP contribution is 2.34. The number of rotatable bonds is 9. The molecule has 0 saturated carbocycles. The summed E-state index contributed by atoms with van der Waals surface area (Å²) in [5.41, 5.74) is 1.78. The number of nitrogens with zero attached hydrogens (tertiary/aromatic N) is 10. The van der Waals surface area contributed by atoms with Gasteiger partial charge in [-0.15, -0.1) is 20.4 Å². The second-order valence-corrected chi connectivity index (χ2v) is 12.3. The lowest BCUT2D eigenvalue weighted by Gasteiger charge is -2.36. The van der Waals surface area contributed by atoms with E-state index in [2.05, 4.69) is 30.8 Å². The van der Waals surface area contributed by atoms with Gasteiger partial charge in [0.15, 0.2) is 11.6 Å². The van der Waals surface area contributed by atoms with Gasteiger partial charge in [-0.3, -0.25) is 19.4 Å². The van der Waals surface area contributed by atoms with Crippen molar-refractivity contribution < 1.29 is 38.5 Å². The lowest BCUT2D eigenvalue weighted by molar-refractivity contribution is -0.150. The maximum absolute atomic E-state index is 12.7. The van der Waals surface area contributed by atoms with E-state index >= 15 is 0 Å². The number of piperidine rings is 2. The van der Waals surface area contributed by atoms with E-state index in [9.17, 15) is 24.3 Å². The predicted octanol–water partition coefficient (Wildman–Crippen LogP) is 3.25. The van der Waals surface area contributed by atoms with E-state index in [4.69, 9.17) is 14.2 Å². The van der Waals surface area contributed by atoms with Crippen molar-refractivity contribution in [1.29, 1.82) is 0 Å². The second kappa shape index (κ2) is 17.8. The maximum atomic E-state index is 12.7. The van der Waals surface area contributed by atoms with Crippen LogP contribution in [0.5, 0.6) is 0 Å². The number of amides is 2. The molecule has 4 unspecified atom stereocenters. The molecular weight excluding hydrogens is 676 g/mol. The van der Waals surface area contributed by atoms with Gasteiger partial charge in [-0.25, -0.2) is 9.59 Å². The number of aliphatic carboxylic acids is 1. The Balaban J connectivity index is 0.000000202. The minimum atomic E-state index is -0.883. The highest BCUT2D eigenvalue weighted by molar-refractivity contribution is 5.74. The molecule has 0 bridgehead atoms. The zero-order valence-corrected chi connectivity index (χ0v) is 29.2.